The average molecular weight is 252 g/mol. The summed E-state index contributed by atoms with van der Waals surface area (Å²) < 4.78 is 4.75. The van der Waals surface area contributed by atoms with Gasteiger partial charge in [-0.1, -0.05) is 5.21 Å². The van der Waals surface area contributed by atoms with Gasteiger partial charge in [0.2, 0.25) is 0 Å². The highest BCUT2D eigenvalue weighted by atomic mass is 16.6. The summed E-state index contributed by atoms with van der Waals surface area (Å²) >= 11 is 0. The normalized spacial score (nSPS) is 12.1. The summed E-state index contributed by atoms with van der Waals surface area (Å²) in [5.41, 5.74) is 0. The van der Waals surface area contributed by atoms with Crippen LogP contribution in [-0.4, -0.2) is 31.5 Å². The molecule has 0 aliphatic carbocycles. The minimum atomic E-state index is -0.723. The van der Waals surface area contributed by atoms with Gasteiger partial charge in [-0.25, -0.2) is 0 Å². The average Bonchev–Trinajstić information content (AvgIpc) is 3.00. The molecule has 10 nitrogen and oxygen atoms in total. The van der Waals surface area contributed by atoms with Crippen LogP contribution in [0.25, 0.3) is 0 Å². The number of hydrogen-bond acceptors (Lipinski definition) is 7. The molecule has 2 rings (SSSR count). The number of carbonyl (C=O) groups excluding carboxylic acids is 1. The molecule has 0 aromatic carbocycles. The zero-order valence-corrected chi connectivity index (χ0v) is 9.15. The molecule has 2 heterocycles. The van der Waals surface area contributed by atoms with E-state index in [0.29, 0.717) is 5.82 Å². The van der Waals surface area contributed by atoms with Crippen molar-refractivity contribution < 1.29 is 14.1 Å². The van der Waals surface area contributed by atoms with E-state index in [1.807, 2.05) is 0 Å². The lowest BCUT2D eigenvalue weighted by Crippen LogP contribution is -2.27. The van der Waals surface area contributed by atoms with Gasteiger partial charge in [-0.2, -0.15) is 5.21 Å². The van der Waals surface area contributed by atoms with Crippen LogP contribution >= 0.6 is 0 Å². The first-order valence-corrected chi connectivity index (χ1v) is 4.86. The van der Waals surface area contributed by atoms with E-state index < -0.39 is 22.8 Å². The van der Waals surface area contributed by atoms with Gasteiger partial charge in [0.25, 0.3) is 5.91 Å². The number of aromatic amines is 1. The first-order chi connectivity index (χ1) is 8.58. The van der Waals surface area contributed by atoms with Gasteiger partial charge in [0.15, 0.2) is 11.6 Å². The highest BCUT2D eigenvalue weighted by Gasteiger charge is 2.20. The third-order valence-electron chi connectivity index (χ3n) is 2.09. The van der Waals surface area contributed by atoms with E-state index in [-0.39, 0.29) is 5.76 Å². The number of nitrogens with one attached hydrogen (secondary N) is 2. The van der Waals surface area contributed by atoms with E-state index in [0.717, 1.165) is 6.07 Å². The van der Waals surface area contributed by atoms with E-state index in [1.54, 1.807) is 6.92 Å². The van der Waals surface area contributed by atoms with Gasteiger partial charge < -0.3 is 9.73 Å². The molecule has 0 saturated carbocycles. The van der Waals surface area contributed by atoms with Crippen molar-refractivity contribution in [3.8, 4) is 0 Å². The van der Waals surface area contributed by atoms with Crippen LogP contribution in [0.15, 0.2) is 16.5 Å². The quantitative estimate of drug-likeness (QED) is 0.584. The highest BCUT2D eigenvalue weighted by Crippen LogP contribution is 2.16. The van der Waals surface area contributed by atoms with Crippen LogP contribution in [0.3, 0.4) is 0 Å². The first kappa shape index (κ1) is 11.7. The Morgan fingerprint density at radius 3 is 2.94 bits per heavy atom. The van der Waals surface area contributed by atoms with Crippen molar-refractivity contribution in [2.75, 3.05) is 0 Å². The predicted octanol–water partition coefficient (Wildman–Crippen LogP) is 0.192. The van der Waals surface area contributed by atoms with Crippen LogP contribution in [0, 0.1) is 10.1 Å². The topological polar surface area (TPSA) is 140 Å². The van der Waals surface area contributed by atoms with Crippen molar-refractivity contribution in [1.29, 1.82) is 0 Å². The van der Waals surface area contributed by atoms with Crippen LogP contribution in [0.4, 0.5) is 5.88 Å². The van der Waals surface area contributed by atoms with Gasteiger partial charge in [-0.05, 0) is 13.0 Å². The summed E-state index contributed by atoms with van der Waals surface area (Å²) in [6, 6.07) is 1.82. The minimum absolute atomic E-state index is 0.156. The smallest absolute Gasteiger partial charge is 0.395 e. The molecule has 0 radical (unpaired) electrons. The zero-order chi connectivity index (χ0) is 13.1. The third-order valence-corrected chi connectivity index (χ3v) is 2.09. The predicted molar refractivity (Wildman–Crippen MR) is 55.4 cm³/mol. The van der Waals surface area contributed by atoms with Crippen molar-refractivity contribution in [3.05, 3.63) is 33.8 Å². The standard InChI is InChI=1S/C8H8N6O4/c1-4(7-10-12-13-11-7)9-8(15)5-2-3-6(18-5)14(16)17/h2-4H,1H3,(H,9,15)(H,10,11,12,13). The van der Waals surface area contributed by atoms with E-state index in [9.17, 15) is 14.9 Å². The summed E-state index contributed by atoms with van der Waals surface area (Å²) in [7, 11) is 0. The van der Waals surface area contributed by atoms with Crippen LogP contribution in [0.5, 0.6) is 0 Å². The second kappa shape index (κ2) is 4.61. The maximum atomic E-state index is 11.7. The number of carbonyl (C=O) groups is 1. The molecule has 18 heavy (non-hydrogen) atoms. The zero-order valence-electron chi connectivity index (χ0n) is 9.15. The molecule has 0 saturated heterocycles. The monoisotopic (exact) mass is 252 g/mol. The third kappa shape index (κ3) is 2.31. The molecule has 0 aliphatic rings. The lowest BCUT2D eigenvalue weighted by molar-refractivity contribution is -0.402. The summed E-state index contributed by atoms with van der Waals surface area (Å²) in [6.07, 6.45) is 0. The summed E-state index contributed by atoms with van der Waals surface area (Å²) in [5.74, 6) is -0.950. The van der Waals surface area contributed by atoms with Gasteiger partial charge >= 0.3 is 5.88 Å². The van der Waals surface area contributed by atoms with E-state index in [2.05, 4.69) is 25.9 Å². The molecule has 2 aromatic heterocycles. The molecule has 2 N–H and O–H groups in total. The van der Waals surface area contributed by atoms with Crippen molar-refractivity contribution in [1.82, 2.24) is 25.9 Å². The Balaban J connectivity index is 2.05. The molecule has 2 aromatic rings. The number of hydrogen-bond donors (Lipinski definition) is 2. The molecule has 1 atom stereocenters. The van der Waals surface area contributed by atoms with Crippen LogP contribution in [0.2, 0.25) is 0 Å². The maximum Gasteiger partial charge on any atom is 0.433 e. The Bertz CT molecular complexity index is 562. The van der Waals surface area contributed by atoms with Gasteiger partial charge in [0.05, 0.1) is 12.1 Å². The Morgan fingerprint density at radius 2 is 2.39 bits per heavy atom. The molecule has 0 aliphatic heterocycles. The second-order valence-corrected chi connectivity index (χ2v) is 3.36. The minimum Gasteiger partial charge on any atom is -0.395 e. The van der Waals surface area contributed by atoms with Crippen LogP contribution < -0.4 is 5.32 Å². The van der Waals surface area contributed by atoms with Gasteiger partial charge in [-0.3, -0.25) is 14.9 Å². The maximum absolute atomic E-state index is 11.7. The molecular formula is C8H8N6O4. The molecular weight excluding hydrogens is 244 g/mol. The summed E-state index contributed by atoms with van der Waals surface area (Å²) in [4.78, 5) is 21.3. The van der Waals surface area contributed by atoms with E-state index in [4.69, 9.17) is 4.42 Å². The number of aromatic nitrogens is 4. The molecule has 0 fully saturated rings. The van der Waals surface area contributed by atoms with Gasteiger partial charge in [0, 0.05) is 0 Å². The second-order valence-electron chi connectivity index (χ2n) is 3.36. The number of nitro groups is 1. The SMILES string of the molecule is CC(NC(=O)c1ccc([N+](=O)[O-])o1)c1nn[nH]n1. The lowest BCUT2D eigenvalue weighted by Gasteiger charge is -2.07. The Hall–Kier alpha value is -2.78. The Morgan fingerprint density at radius 1 is 1.61 bits per heavy atom. The van der Waals surface area contributed by atoms with Crippen LogP contribution in [-0.2, 0) is 0 Å². The molecule has 0 bridgehead atoms. The fourth-order valence-corrected chi connectivity index (χ4v) is 1.23. The fourth-order valence-electron chi connectivity index (χ4n) is 1.23. The molecule has 1 unspecified atom stereocenters. The van der Waals surface area contributed by atoms with Crippen molar-refractivity contribution in [3.63, 3.8) is 0 Å². The Kier molecular flexibility index (Phi) is 3.00. The summed E-state index contributed by atoms with van der Waals surface area (Å²) in [6.45, 7) is 1.64. The largest absolute Gasteiger partial charge is 0.433 e. The van der Waals surface area contributed by atoms with E-state index in [1.165, 1.54) is 6.07 Å². The van der Waals surface area contributed by atoms with Crippen molar-refractivity contribution >= 4 is 11.8 Å². The fraction of sp³-hybridized carbons (Fsp3) is 0.250. The molecule has 0 spiro atoms. The number of H-pyrrole nitrogens is 1. The Labute approximate surface area is 99.5 Å². The van der Waals surface area contributed by atoms with Crippen molar-refractivity contribution in [2.45, 2.75) is 13.0 Å². The highest BCUT2D eigenvalue weighted by molar-refractivity contribution is 5.91. The first-order valence-electron chi connectivity index (χ1n) is 4.86. The van der Waals surface area contributed by atoms with Gasteiger partial charge in [0.1, 0.15) is 4.92 Å². The van der Waals surface area contributed by atoms with E-state index >= 15 is 0 Å². The lowest BCUT2D eigenvalue weighted by atomic mass is 10.3. The number of nitrogens with zero attached hydrogens (tertiary/aromatic N) is 4. The van der Waals surface area contributed by atoms with Gasteiger partial charge in [-0.15, -0.1) is 10.2 Å². The van der Waals surface area contributed by atoms with Crippen molar-refractivity contribution in [2.24, 2.45) is 0 Å². The molecule has 10 heteroatoms. The number of furan rings is 1. The summed E-state index contributed by atoms with van der Waals surface area (Å²) in [5, 5.41) is 25.9. The number of rotatable bonds is 4. The number of tetrazole rings is 1. The number of amides is 1. The molecule has 1 amide bonds. The molecule has 94 valence electrons. The van der Waals surface area contributed by atoms with Crippen LogP contribution in [0.1, 0.15) is 29.3 Å².